The van der Waals surface area contributed by atoms with E-state index in [2.05, 4.69) is 4.74 Å². The first kappa shape index (κ1) is 22.3. The molecule has 156 valence electrons. The van der Waals surface area contributed by atoms with Crippen LogP contribution in [0.2, 0.25) is 0 Å². The van der Waals surface area contributed by atoms with E-state index < -0.39 is 24.2 Å². The molecule has 0 radical (unpaired) electrons. The van der Waals surface area contributed by atoms with Crippen molar-refractivity contribution in [3.05, 3.63) is 59.7 Å². The summed E-state index contributed by atoms with van der Waals surface area (Å²) in [6.07, 6.45) is -5.41. The van der Waals surface area contributed by atoms with Crippen LogP contribution in [0.1, 0.15) is 53.3 Å². The summed E-state index contributed by atoms with van der Waals surface area (Å²) in [7, 11) is 0. The lowest BCUT2D eigenvalue weighted by Gasteiger charge is -2.20. The summed E-state index contributed by atoms with van der Waals surface area (Å²) in [5.41, 5.74) is 0.116. The Morgan fingerprint density at radius 3 is 2.03 bits per heavy atom. The molecule has 2 aromatic rings. The number of phenols is 1. The van der Waals surface area contributed by atoms with Gasteiger partial charge in [-0.15, -0.1) is 0 Å². The number of carbonyl (C=O) groups excluding carboxylic acids is 2. The van der Waals surface area contributed by atoms with Gasteiger partial charge >= 0.3 is 18.1 Å². The van der Waals surface area contributed by atoms with Gasteiger partial charge in [0.15, 0.2) is 6.10 Å². The number of carbonyl (C=O) groups is 2. The minimum atomic E-state index is -4.64. The second-order valence-electron chi connectivity index (χ2n) is 6.39. The van der Waals surface area contributed by atoms with Crippen LogP contribution in [0.5, 0.6) is 11.5 Å². The maximum atomic E-state index is 13.1. The van der Waals surface area contributed by atoms with E-state index in [0.29, 0.717) is 12.8 Å². The first-order chi connectivity index (χ1) is 13.7. The van der Waals surface area contributed by atoms with Crippen LogP contribution >= 0.6 is 0 Å². The highest BCUT2D eigenvalue weighted by molar-refractivity contribution is 5.92. The Morgan fingerprint density at radius 2 is 1.48 bits per heavy atom. The molecule has 0 fully saturated rings. The molecule has 0 bridgehead atoms. The quantitative estimate of drug-likeness (QED) is 0.364. The molecule has 1 atom stereocenters. The first-order valence-electron chi connectivity index (χ1n) is 9.09. The Morgan fingerprint density at radius 1 is 0.931 bits per heavy atom. The molecule has 0 amide bonds. The van der Waals surface area contributed by atoms with Gasteiger partial charge in [0, 0.05) is 0 Å². The lowest BCUT2D eigenvalue weighted by atomic mass is 10.1. The summed E-state index contributed by atoms with van der Waals surface area (Å²) in [5.74, 6) is -1.68. The normalized spacial score (nSPS) is 12.3. The predicted molar refractivity (Wildman–Crippen MR) is 98.9 cm³/mol. The van der Waals surface area contributed by atoms with Crippen LogP contribution in [0.25, 0.3) is 0 Å². The summed E-state index contributed by atoms with van der Waals surface area (Å²) in [6, 6.07) is 10.4. The Kier molecular flexibility index (Phi) is 7.64. The first-order valence-corrected chi connectivity index (χ1v) is 9.09. The summed E-state index contributed by atoms with van der Waals surface area (Å²) in [4.78, 5) is 24.1. The van der Waals surface area contributed by atoms with E-state index in [1.54, 1.807) is 0 Å². The molecular formula is C21H21F3O5. The third-order valence-electron chi connectivity index (χ3n) is 4.09. The second-order valence-corrected chi connectivity index (χ2v) is 6.39. The molecule has 0 heterocycles. The smallest absolute Gasteiger partial charge is 0.425 e. The second kappa shape index (κ2) is 9.95. The van der Waals surface area contributed by atoms with E-state index in [4.69, 9.17) is 4.74 Å². The number of rotatable bonds is 8. The van der Waals surface area contributed by atoms with Crippen LogP contribution in [0.4, 0.5) is 13.2 Å². The van der Waals surface area contributed by atoms with Gasteiger partial charge in [0.05, 0.1) is 11.1 Å². The van der Waals surface area contributed by atoms with Crippen molar-refractivity contribution in [2.75, 3.05) is 0 Å². The maximum Gasteiger partial charge on any atom is 0.425 e. The number of unbranched alkanes of at least 4 members (excludes halogenated alkanes) is 2. The highest BCUT2D eigenvalue weighted by Crippen LogP contribution is 2.28. The van der Waals surface area contributed by atoms with Crippen LogP contribution < -0.4 is 4.74 Å². The molecule has 1 N–H and O–H groups in total. The largest absolute Gasteiger partial charge is 0.508 e. The molecule has 0 spiro atoms. The van der Waals surface area contributed by atoms with E-state index in [0.717, 1.165) is 6.42 Å². The molecule has 0 aliphatic heterocycles. The Bertz CT molecular complexity index is 814. The van der Waals surface area contributed by atoms with Crippen LogP contribution in [0, 0.1) is 0 Å². The Labute approximate surface area is 166 Å². The molecule has 2 rings (SSSR count). The van der Waals surface area contributed by atoms with Gasteiger partial charge in [0.25, 0.3) is 0 Å². The zero-order chi connectivity index (χ0) is 21.4. The monoisotopic (exact) mass is 410 g/mol. The molecule has 8 heteroatoms. The fraction of sp³-hybridized carbons (Fsp3) is 0.333. The van der Waals surface area contributed by atoms with Gasteiger partial charge in [-0.05, 0) is 61.4 Å². The summed E-state index contributed by atoms with van der Waals surface area (Å²) in [6.45, 7) is 1.87. The number of hydrogen-bond acceptors (Lipinski definition) is 5. The van der Waals surface area contributed by atoms with Crippen molar-refractivity contribution >= 4 is 11.9 Å². The fourth-order valence-electron chi connectivity index (χ4n) is 2.49. The Hall–Kier alpha value is -3.03. The number of benzene rings is 2. The number of halogens is 3. The minimum absolute atomic E-state index is 0.00345. The Balaban J connectivity index is 1.99. The van der Waals surface area contributed by atoms with Gasteiger partial charge < -0.3 is 14.6 Å². The number of alkyl halides is 3. The lowest BCUT2D eigenvalue weighted by Crippen LogP contribution is -2.33. The van der Waals surface area contributed by atoms with Gasteiger partial charge in [-0.25, -0.2) is 9.59 Å². The van der Waals surface area contributed by atoms with Gasteiger partial charge in [0.2, 0.25) is 0 Å². The van der Waals surface area contributed by atoms with Crippen LogP contribution in [-0.2, 0) is 4.74 Å². The van der Waals surface area contributed by atoms with Crippen molar-refractivity contribution in [2.45, 2.75) is 44.9 Å². The third-order valence-corrected chi connectivity index (χ3v) is 4.09. The molecule has 2 aromatic carbocycles. The highest BCUT2D eigenvalue weighted by atomic mass is 19.4. The van der Waals surface area contributed by atoms with Crippen LogP contribution in [0.3, 0.4) is 0 Å². The van der Waals surface area contributed by atoms with Crippen molar-refractivity contribution in [1.82, 2.24) is 0 Å². The summed E-state index contributed by atoms with van der Waals surface area (Å²) < 4.78 is 49.0. The van der Waals surface area contributed by atoms with Crippen molar-refractivity contribution < 1.29 is 37.3 Å². The molecule has 0 saturated heterocycles. The van der Waals surface area contributed by atoms with Crippen molar-refractivity contribution in [3.8, 4) is 11.5 Å². The van der Waals surface area contributed by atoms with E-state index >= 15 is 0 Å². The SMILES string of the molecule is CCCCCC(OC(=O)c1ccc(OC(=O)c2ccc(O)cc2)cc1)C(F)(F)F. The van der Waals surface area contributed by atoms with E-state index in [1.165, 1.54) is 48.5 Å². The van der Waals surface area contributed by atoms with E-state index in [9.17, 15) is 27.9 Å². The molecule has 0 aliphatic rings. The minimum Gasteiger partial charge on any atom is -0.508 e. The molecule has 0 aliphatic carbocycles. The zero-order valence-electron chi connectivity index (χ0n) is 15.7. The number of esters is 2. The molecule has 0 saturated carbocycles. The number of phenolic OH excluding ortho intramolecular Hbond substituents is 1. The molecule has 0 aromatic heterocycles. The average molecular weight is 410 g/mol. The summed E-state index contributed by atoms with van der Waals surface area (Å²) >= 11 is 0. The topological polar surface area (TPSA) is 72.8 Å². The zero-order valence-corrected chi connectivity index (χ0v) is 15.7. The van der Waals surface area contributed by atoms with E-state index in [1.807, 2.05) is 6.92 Å². The summed E-state index contributed by atoms with van der Waals surface area (Å²) in [5, 5.41) is 9.22. The van der Waals surface area contributed by atoms with Gasteiger partial charge in [0.1, 0.15) is 11.5 Å². The lowest BCUT2D eigenvalue weighted by molar-refractivity contribution is -0.206. The standard InChI is InChI=1S/C21H21F3O5/c1-2-3-4-5-18(21(22,23)24)29-20(27)15-8-12-17(13-9-15)28-19(26)14-6-10-16(25)11-7-14/h6-13,18,25H,2-5H2,1H3. The number of hydrogen-bond donors (Lipinski definition) is 1. The molecule has 29 heavy (non-hydrogen) atoms. The van der Waals surface area contributed by atoms with Crippen molar-refractivity contribution in [1.29, 1.82) is 0 Å². The fourth-order valence-corrected chi connectivity index (χ4v) is 2.49. The van der Waals surface area contributed by atoms with Crippen LogP contribution in [0.15, 0.2) is 48.5 Å². The van der Waals surface area contributed by atoms with Crippen molar-refractivity contribution in [3.63, 3.8) is 0 Å². The number of ether oxygens (including phenoxy) is 2. The third kappa shape index (κ3) is 6.81. The van der Waals surface area contributed by atoms with Crippen LogP contribution in [-0.4, -0.2) is 29.3 Å². The van der Waals surface area contributed by atoms with Crippen molar-refractivity contribution in [2.24, 2.45) is 0 Å². The molecule has 5 nitrogen and oxygen atoms in total. The molecule has 1 unspecified atom stereocenters. The maximum absolute atomic E-state index is 13.1. The van der Waals surface area contributed by atoms with Gasteiger partial charge in [-0.2, -0.15) is 13.2 Å². The van der Waals surface area contributed by atoms with E-state index in [-0.39, 0.29) is 29.0 Å². The predicted octanol–water partition coefficient (Wildman–Crippen LogP) is 5.28. The van der Waals surface area contributed by atoms with Gasteiger partial charge in [-0.1, -0.05) is 19.8 Å². The number of aromatic hydroxyl groups is 1. The average Bonchev–Trinajstić information content (AvgIpc) is 2.67. The molecular weight excluding hydrogens is 389 g/mol. The van der Waals surface area contributed by atoms with Gasteiger partial charge in [-0.3, -0.25) is 0 Å². The highest BCUT2D eigenvalue weighted by Gasteiger charge is 2.42.